The van der Waals surface area contributed by atoms with E-state index in [9.17, 15) is 9.18 Å². The molecule has 0 aromatic heterocycles. The predicted octanol–water partition coefficient (Wildman–Crippen LogP) is 4.25. The number of nitrogens with one attached hydrogen (secondary N) is 1. The molecule has 0 spiro atoms. The average molecular weight is 415 g/mol. The quantitative estimate of drug-likeness (QED) is 0.702. The van der Waals surface area contributed by atoms with E-state index in [1.165, 1.54) is 19.1 Å². The lowest BCUT2D eigenvalue weighted by molar-refractivity contribution is -0.121. The molecule has 5 nitrogen and oxygen atoms in total. The molecule has 0 bridgehead atoms. The number of rotatable bonds is 8. The van der Waals surface area contributed by atoms with Crippen molar-refractivity contribution in [2.75, 3.05) is 26.8 Å². The van der Waals surface area contributed by atoms with Crippen LogP contribution in [0.15, 0.2) is 42.5 Å². The van der Waals surface area contributed by atoms with Gasteiger partial charge in [0.1, 0.15) is 5.82 Å². The second-order valence-corrected chi connectivity index (χ2v) is 7.84. The molecule has 1 aliphatic rings. The number of ether oxygens (including phenoxy) is 2. The first-order valence-electron chi connectivity index (χ1n) is 10.5. The van der Waals surface area contributed by atoms with Gasteiger partial charge in [0.15, 0.2) is 11.5 Å². The van der Waals surface area contributed by atoms with E-state index in [0.29, 0.717) is 6.61 Å². The first-order valence-corrected chi connectivity index (χ1v) is 10.5. The summed E-state index contributed by atoms with van der Waals surface area (Å²) in [5.74, 6) is 1.21. The van der Waals surface area contributed by atoms with E-state index < -0.39 is 5.54 Å². The van der Waals surface area contributed by atoms with Crippen LogP contribution in [0, 0.1) is 5.82 Å². The van der Waals surface area contributed by atoms with Crippen LogP contribution < -0.4 is 14.8 Å². The topological polar surface area (TPSA) is 50.8 Å². The maximum atomic E-state index is 13.4. The van der Waals surface area contributed by atoms with Crippen molar-refractivity contribution in [1.29, 1.82) is 0 Å². The Bertz CT molecular complexity index is 846. The van der Waals surface area contributed by atoms with Gasteiger partial charge in [0.05, 0.1) is 19.3 Å². The molecule has 1 saturated heterocycles. The van der Waals surface area contributed by atoms with Crippen molar-refractivity contribution in [3.8, 4) is 11.5 Å². The minimum absolute atomic E-state index is 0.0733. The number of carbonyl (C=O) groups excluding carboxylic acids is 1. The van der Waals surface area contributed by atoms with E-state index in [2.05, 4.69) is 23.2 Å². The van der Waals surface area contributed by atoms with Gasteiger partial charge in [0, 0.05) is 32.1 Å². The molecular weight excluding hydrogens is 383 g/mol. The number of methoxy groups -OCH3 is 1. The van der Waals surface area contributed by atoms with Crippen LogP contribution in [0.2, 0.25) is 0 Å². The van der Waals surface area contributed by atoms with E-state index in [4.69, 9.17) is 9.47 Å². The Morgan fingerprint density at radius 1 is 1.17 bits per heavy atom. The van der Waals surface area contributed by atoms with Crippen LogP contribution in [0.1, 0.15) is 44.2 Å². The fraction of sp³-hybridized carbons (Fsp3) is 0.458. The lowest BCUT2D eigenvalue weighted by Gasteiger charge is -2.43. The molecule has 2 aromatic carbocycles. The summed E-state index contributed by atoms with van der Waals surface area (Å²) in [6.07, 6.45) is 2.44. The number of halogens is 1. The number of benzene rings is 2. The summed E-state index contributed by atoms with van der Waals surface area (Å²) in [6.45, 7) is 6.62. The molecule has 0 aliphatic carbocycles. The van der Waals surface area contributed by atoms with Crippen LogP contribution in [-0.4, -0.2) is 37.6 Å². The molecule has 1 heterocycles. The molecule has 2 aromatic rings. The fourth-order valence-electron chi connectivity index (χ4n) is 4.14. The van der Waals surface area contributed by atoms with Crippen molar-refractivity contribution in [1.82, 2.24) is 10.2 Å². The van der Waals surface area contributed by atoms with Gasteiger partial charge in [-0.15, -0.1) is 0 Å². The summed E-state index contributed by atoms with van der Waals surface area (Å²) in [5.41, 5.74) is 1.58. The van der Waals surface area contributed by atoms with Crippen molar-refractivity contribution in [2.24, 2.45) is 0 Å². The molecule has 0 atom stereocenters. The van der Waals surface area contributed by atoms with Crippen LogP contribution in [-0.2, 0) is 16.9 Å². The monoisotopic (exact) mass is 414 g/mol. The van der Waals surface area contributed by atoms with E-state index >= 15 is 0 Å². The molecule has 6 heteroatoms. The smallest absolute Gasteiger partial charge is 0.217 e. The summed E-state index contributed by atoms with van der Waals surface area (Å²) in [4.78, 5) is 14.3. The highest BCUT2D eigenvalue weighted by Crippen LogP contribution is 2.36. The van der Waals surface area contributed by atoms with E-state index in [1.54, 1.807) is 19.2 Å². The zero-order valence-corrected chi connectivity index (χ0v) is 18.0. The third-order valence-electron chi connectivity index (χ3n) is 5.65. The lowest BCUT2D eigenvalue weighted by Crippen LogP contribution is -2.52. The van der Waals surface area contributed by atoms with Crippen molar-refractivity contribution >= 4 is 5.91 Å². The van der Waals surface area contributed by atoms with Crippen LogP contribution >= 0.6 is 0 Å². The second-order valence-electron chi connectivity index (χ2n) is 7.84. The molecule has 1 fully saturated rings. The Kier molecular flexibility index (Phi) is 7.32. The van der Waals surface area contributed by atoms with Gasteiger partial charge in [0.25, 0.3) is 0 Å². The van der Waals surface area contributed by atoms with Crippen molar-refractivity contribution in [2.45, 2.75) is 45.2 Å². The minimum atomic E-state index is -0.466. The molecular formula is C24H31FN2O3. The molecule has 1 amide bonds. The molecule has 3 rings (SSSR count). The fourth-order valence-corrected chi connectivity index (χ4v) is 4.14. The maximum absolute atomic E-state index is 13.4. The number of amides is 1. The van der Waals surface area contributed by atoms with Gasteiger partial charge >= 0.3 is 0 Å². The Morgan fingerprint density at radius 2 is 1.87 bits per heavy atom. The van der Waals surface area contributed by atoms with Crippen molar-refractivity contribution < 1.29 is 18.7 Å². The number of hydrogen-bond donors (Lipinski definition) is 1. The van der Waals surface area contributed by atoms with Gasteiger partial charge in [-0.3, -0.25) is 9.69 Å². The highest BCUT2D eigenvalue weighted by atomic mass is 19.1. The van der Waals surface area contributed by atoms with Crippen LogP contribution in [0.4, 0.5) is 4.39 Å². The van der Waals surface area contributed by atoms with Gasteiger partial charge in [-0.25, -0.2) is 4.39 Å². The van der Waals surface area contributed by atoms with Gasteiger partial charge in [-0.2, -0.15) is 0 Å². The largest absolute Gasteiger partial charge is 0.493 e. The molecule has 30 heavy (non-hydrogen) atoms. The average Bonchev–Trinajstić information content (AvgIpc) is 2.74. The Hall–Kier alpha value is -2.60. The Morgan fingerprint density at radius 3 is 2.47 bits per heavy atom. The lowest BCUT2D eigenvalue weighted by atomic mass is 9.80. The van der Waals surface area contributed by atoms with Crippen LogP contribution in [0.5, 0.6) is 11.5 Å². The molecule has 1 N–H and O–H groups in total. The summed E-state index contributed by atoms with van der Waals surface area (Å²) < 4.78 is 24.9. The van der Waals surface area contributed by atoms with Crippen molar-refractivity contribution in [3.05, 3.63) is 59.4 Å². The zero-order chi connectivity index (χ0) is 21.6. The number of carbonyl (C=O) groups is 1. The Labute approximate surface area is 178 Å². The molecule has 162 valence electrons. The first-order chi connectivity index (χ1) is 14.5. The number of para-hydroxylation sites is 1. The van der Waals surface area contributed by atoms with Gasteiger partial charge < -0.3 is 14.8 Å². The molecule has 0 radical (unpaired) electrons. The highest BCUT2D eigenvalue weighted by Gasteiger charge is 2.37. The normalized spacial score (nSPS) is 16.1. The minimum Gasteiger partial charge on any atom is -0.493 e. The summed E-state index contributed by atoms with van der Waals surface area (Å²) in [7, 11) is 1.66. The van der Waals surface area contributed by atoms with Crippen LogP contribution in [0.25, 0.3) is 0 Å². The SMILES string of the molecule is CCCOc1c(CN2CCC(NC(C)=O)(c3ccc(F)cc3)CC2)cccc1OC. The molecule has 1 aliphatic heterocycles. The number of nitrogens with zero attached hydrogens (tertiary/aromatic N) is 1. The zero-order valence-electron chi connectivity index (χ0n) is 18.0. The predicted molar refractivity (Wildman–Crippen MR) is 115 cm³/mol. The maximum Gasteiger partial charge on any atom is 0.217 e. The third kappa shape index (κ3) is 5.11. The van der Waals surface area contributed by atoms with E-state index in [-0.39, 0.29) is 11.7 Å². The second kappa shape index (κ2) is 9.94. The Balaban J connectivity index is 1.75. The third-order valence-corrected chi connectivity index (χ3v) is 5.65. The first kappa shape index (κ1) is 22.1. The number of hydrogen-bond acceptors (Lipinski definition) is 4. The van der Waals surface area contributed by atoms with E-state index in [0.717, 1.165) is 61.5 Å². The van der Waals surface area contributed by atoms with Gasteiger partial charge in [0.2, 0.25) is 5.91 Å². The van der Waals surface area contributed by atoms with E-state index in [1.807, 2.05) is 12.1 Å². The summed E-state index contributed by atoms with van der Waals surface area (Å²) >= 11 is 0. The number of piperidine rings is 1. The van der Waals surface area contributed by atoms with Gasteiger partial charge in [-0.1, -0.05) is 31.2 Å². The molecule has 0 saturated carbocycles. The summed E-state index contributed by atoms with van der Waals surface area (Å²) in [6, 6.07) is 12.4. The molecule has 0 unspecified atom stereocenters. The summed E-state index contributed by atoms with van der Waals surface area (Å²) in [5, 5.41) is 3.14. The standard InChI is InChI=1S/C24H31FN2O3/c1-4-16-30-23-19(6-5-7-22(23)29-3)17-27-14-12-24(13-15-27,26-18(2)28)20-8-10-21(25)11-9-20/h5-11H,4,12-17H2,1-3H3,(H,26,28). The van der Waals surface area contributed by atoms with Gasteiger partial charge in [-0.05, 0) is 43.0 Å². The highest BCUT2D eigenvalue weighted by molar-refractivity contribution is 5.74. The number of likely N-dealkylation sites (tertiary alicyclic amines) is 1. The van der Waals surface area contributed by atoms with Crippen molar-refractivity contribution in [3.63, 3.8) is 0 Å². The van der Waals surface area contributed by atoms with Crippen LogP contribution in [0.3, 0.4) is 0 Å².